The number of anilines is 1. The van der Waals surface area contributed by atoms with Gasteiger partial charge >= 0.3 is 0 Å². The summed E-state index contributed by atoms with van der Waals surface area (Å²) in [6, 6.07) is 8.02. The first kappa shape index (κ1) is 25.4. The third-order valence-corrected chi connectivity index (χ3v) is 12.0. The molecular weight excluding hydrogens is 533 g/mol. The summed E-state index contributed by atoms with van der Waals surface area (Å²) >= 11 is 0. The first-order chi connectivity index (χ1) is 20.2. The maximum atomic E-state index is 14.4. The lowest BCUT2D eigenvalue weighted by Crippen LogP contribution is -2.65. The molecule has 2 heterocycles. The van der Waals surface area contributed by atoms with Crippen LogP contribution in [0.4, 0.5) is 10.1 Å². The van der Waals surface area contributed by atoms with E-state index in [0.717, 1.165) is 74.3 Å². The lowest BCUT2D eigenvalue weighted by Gasteiger charge is -2.66. The Labute approximate surface area is 244 Å². The van der Waals surface area contributed by atoms with Crippen LogP contribution in [0.5, 0.6) is 0 Å². The quantitative estimate of drug-likeness (QED) is 0.274. The first-order valence-corrected chi connectivity index (χ1v) is 16.0. The fourth-order valence-corrected chi connectivity index (χ4v) is 8.70. The number of carbonyl (C=O) groups excluding carboxylic acids is 1. The van der Waals surface area contributed by atoms with Crippen LogP contribution < -0.4 is 4.90 Å². The summed E-state index contributed by atoms with van der Waals surface area (Å²) in [5.74, 6) is 3.58. The van der Waals surface area contributed by atoms with E-state index in [0.29, 0.717) is 49.9 Å². The van der Waals surface area contributed by atoms with Crippen LogP contribution in [0.1, 0.15) is 120 Å². The minimum atomic E-state index is -1.01. The highest BCUT2D eigenvalue weighted by Crippen LogP contribution is 2.71. The van der Waals surface area contributed by atoms with E-state index in [-0.39, 0.29) is 27.6 Å². The molecule has 8 aliphatic carbocycles. The predicted octanol–water partition coefficient (Wildman–Crippen LogP) is 6.96. The van der Waals surface area contributed by atoms with Gasteiger partial charge in [0.2, 0.25) is 23.5 Å². The number of halogens is 1. The van der Waals surface area contributed by atoms with Gasteiger partial charge < -0.3 is 13.9 Å². The summed E-state index contributed by atoms with van der Waals surface area (Å²) in [6.45, 7) is 2.83. The molecule has 8 nitrogen and oxygen atoms in total. The SMILES string of the molecule is CC1(c2nc(-c3cccc(N(CC45CCC(c6nc(C7CC7)no6)(CC4)CC5)C(=O)CC45CC(F)(C4)C5)c3)no2)CC1. The minimum absolute atomic E-state index is 0.00159. The van der Waals surface area contributed by atoms with E-state index in [2.05, 4.69) is 17.2 Å². The molecule has 0 spiro atoms. The Bertz CT molecular complexity index is 1540. The molecule has 9 heteroatoms. The number of fused-ring (bicyclic) bond motifs is 3. The summed E-state index contributed by atoms with van der Waals surface area (Å²) in [6.07, 6.45) is 12.6. The molecule has 220 valence electrons. The highest BCUT2D eigenvalue weighted by atomic mass is 19.1. The fourth-order valence-electron chi connectivity index (χ4n) is 8.70. The molecule has 2 aromatic heterocycles. The summed E-state index contributed by atoms with van der Waals surface area (Å²) < 4.78 is 25.8. The second-order valence-corrected chi connectivity index (χ2v) is 15.4. The summed E-state index contributed by atoms with van der Waals surface area (Å²) in [5, 5.41) is 8.61. The number of hydrogen-bond donors (Lipinski definition) is 0. The van der Waals surface area contributed by atoms with Crippen LogP contribution in [-0.2, 0) is 15.6 Å². The van der Waals surface area contributed by atoms with Gasteiger partial charge in [-0.05, 0) is 106 Å². The van der Waals surface area contributed by atoms with Crippen LogP contribution in [0.25, 0.3) is 11.4 Å². The van der Waals surface area contributed by atoms with Crippen LogP contribution >= 0.6 is 0 Å². The maximum absolute atomic E-state index is 14.4. The van der Waals surface area contributed by atoms with Gasteiger partial charge in [0.25, 0.3) is 0 Å². The summed E-state index contributed by atoms with van der Waals surface area (Å²) in [4.78, 5) is 25.7. The van der Waals surface area contributed by atoms with Crippen LogP contribution in [0, 0.1) is 10.8 Å². The largest absolute Gasteiger partial charge is 0.339 e. The van der Waals surface area contributed by atoms with E-state index in [1.165, 1.54) is 12.8 Å². The van der Waals surface area contributed by atoms with Gasteiger partial charge in [0.05, 0.1) is 0 Å². The number of hydrogen-bond acceptors (Lipinski definition) is 7. The van der Waals surface area contributed by atoms with Crippen LogP contribution in [0.2, 0.25) is 0 Å². The van der Waals surface area contributed by atoms with Crippen molar-refractivity contribution in [1.29, 1.82) is 0 Å². The zero-order valence-electron chi connectivity index (χ0n) is 24.3. The molecule has 1 amide bonds. The van der Waals surface area contributed by atoms with Crippen molar-refractivity contribution >= 4 is 11.6 Å². The van der Waals surface area contributed by atoms with E-state index < -0.39 is 5.67 Å². The zero-order valence-corrected chi connectivity index (χ0v) is 24.3. The Balaban J connectivity index is 0.981. The number of aromatic nitrogens is 4. The van der Waals surface area contributed by atoms with E-state index in [9.17, 15) is 9.18 Å². The Morgan fingerprint density at radius 2 is 1.64 bits per heavy atom. The molecule has 8 fully saturated rings. The van der Waals surface area contributed by atoms with Crippen LogP contribution in [0.15, 0.2) is 33.3 Å². The van der Waals surface area contributed by atoms with Gasteiger partial charge in [-0.3, -0.25) is 4.79 Å². The average Bonchev–Trinajstić information content (AvgIpc) is 3.84. The fraction of sp³-hybridized carbons (Fsp3) is 0.667. The molecule has 42 heavy (non-hydrogen) atoms. The highest BCUT2D eigenvalue weighted by Gasteiger charge is 2.69. The molecule has 0 N–H and O–H groups in total. The number of rotatable bonds is 9. The van der Waals surface area contributed by atoms with Crippen molar-refractivity contribution in [3.63, 3.8) is 0 Å². The second-order valence-electron chi connectivity index (χ2n) is 15.4. The molecule has 3 aromatic rings. The average molecular weight is 572 g/mol. The second kappa shape index (κ2) is 8.29. The van der Waals surface area contributed by atoms with Crippen molar-refractivity contribution in [2.24, 2.45) is 10.8 Å². The highest BCUT2D eigenvalue weighted by molar-refractivity contribution is 5.94. The minimum Gasteiger partial charge on any atom is -0.339 e. The molecule has 0 saturated heterocycles. The number of alkyl halides is 1. The van der Waals surface area contributed by atoms with E-state index in [1.54, 1.807) is 0 Å². The molecular formula is C33H38FN5O3. The topological polar surface area (TPSA) is 98.2 Å². The van der Waals surface area contributed by atoms with Crippen molar-refractivity contribution in [2.75, 3.05) is 11.4 Å². The number of carbonyl (C=O) groups is 1. The molecule has 0 aliphatic heterocycles. The molecule has 1 aromatic carbocycles. The van der Waals surface area contributed by atoms with Gasteiger partial charge in [-0.2, -0.15) is 9.97 Å². The third kappa shape index (κ3) is 3.94. The van der Waals surface area contributed by atoms with Gasteiger partial charge in [0.15, 0.2) is 5.82 Å². The molecule has 0 unspecified atom stereocenters. The zero-order chi connectivity index (χ0) is 28.4. The Morgan fingerprint density at radius 1 is 0.929 bits per heavy atom. The van der Waals surface area contributed by atoms with Gasteiger partial charge in [-0.15, -0.1) is 0 Å². The number of nitrogens with zero attached hydrogens (tertiary/aromatic N) is 5. The summed E-state index contributed by atoms with van der Waals surface area (Å²) in [7, 11) is 0. The molecule has 8 saturated carbocycles. The van der Waals surface area contributed by atoms with E-state index >= 15 is 0 Å². The van der Waals surface area contributed by atoms with Gasteiger partial charge in [0.1, 0.15) is 5.67 Å². The van der Waals surface area contributed by atoms with Crippen molar-refractivity contribution in [1.82, 2.24) is 20.3 Å². The Morgan fingerprint density at radius 3 is 2.31 bits per heavy atom. The number of amides is 1. The monoisotopic (exact) mass is 571 g/mol. The van der Waals surface area contributed by atoms with Crippen molar-refractivity contribution < 1.29 is 18.2 Å². The normalized spacial score (nSPS) is 35.4. The number of benzene rings is 1. The van der Waals surface area contributed by atoms with E-state index in [4.69, 9.17) is 19.0 Å². The molecule has 0 atom stereocenters. The Hall–Kier alpha value is -3.10. The van der Waals surface area contributed by atoms with Crippen molar-refractivity contribution in [3.8, 4) is 11.4 Å². The molecule has 8 aliphatic rings. The van der Waals surface area contributed by atoms with Gasteiger partial charge in [-0.25, -0.2) is 4.39 Å². The predicted molar refractivity (Wildman–Crippen MR) is 151 cm³/mol. The van der Waals surface area contributed by atoms with Crippen LogP contribution in [-0.4, -0.2) is 38.4 Å². The third-order valence-electron chi connectivity index (χ3n) is 12.0. The Kier molecular flexibility index (Phi) is 5.01. The van der Waals surface area contributed by atoms with Crippen LogP contribution in [0.3, 0.4) is 0 Å². The van der Waals surface area contributed by atoms with E-state index in [1.807, 2.05) is 29.2 Å². The van der Waals surface area contributed by atoms with Gasteiger partial charge in [0, 0.05) is 41.0 Å². The lowest BCUT2D eigenvalue weighted by atomic mass is 9.41. The molecule has 0 radical (unpaired) electrons. The smallest absolute Gasteiger partial charge is 0.232 e. The summed E-state index contributed by atoms with van der Waals surface area (Å²) in [5.41, 5.74) is 0.587. The standard InChI is InChI=1S/C33H38FN5O3/c1-29(7-8-29)27-35-26(38-41-27)22-3-2-4-23(15-22)39(24(40)16-31-17-33(34,18-31)19-31)20-30-9-12-32(13-10-30,14-11-30)28-36-25(37-42-28)21-5-6-21/h2-4,15,21H,5-14,16-20H2,1H3. The maximum Gasteiger partial charge on any atom is 0.232 e. The molecule has 11 rings (SSSR count). The van der Waals surface area contributed by atoms with Crippen molar-refractivity contribution in [3.05, 3.63) is 41.9 Å². The van der Waals surface area contributed by atoms with Gasteiger partial charge in [-0.1, -0.05) is 29.4 Å². The first-order valence-electron chi connectivity index (χ1n) is 16.0. The van der Waals surface area contributed by atoms with Crippen molar-refractivity contribution in [2.45, 2.75) is 119 Å². The molecule has 4 bridgehead atoms. The lowest BCUT2D eigenvalue weighted by molar-refractivity contribution is -0.215.